The van der Waals surface area contributed by atoms with Gasteiger partial charge in [-0.25, -0.2) is 0 Å². The first-order chi connectivity index (χ1) is 7.70. The minimum atomic E-state index is -0.431. The van der Waals surface area contributed by atoms with Crippen molar-refractivity contribution in [3.63, 3.8) is 0 Å². The number of rotatable bonds is 5. The van der Waals surface area contributed by atoms with Crippen molar-refractivity contribution in [2.24, 2.45) is 5.16 Å². The predicted octanol–water partition coefficient (Wildman–Crippen LogP) is 1.16. The molecule has 0 spiro atoms. The van der Waals surface area contributed by atoms with Gasteiger partial charge in [0.15, 0.2) is 0 Å². The summed E-state index contributed by atoms with van der Waals surface area (Å²) in [6.45, 7) is 0.622. The lowest BCUT2D eigenvalue weighted by Gasteiger charge is -2.05. The molecule has 0 aliphatic carbocycles. The van der Waals surface area contributed by atoms with Crippen LogP contribution in [0.4, 0.5) is 5.69 Å². The zero-order valence-corrected chi connectivity index (χ0v) is 8.88. The van der Waals surface area contributed by atoms with Gasteiger partial charge in [-0.05, 0) is 20.0 Å². The fraction of sp³-hybridized carbons (Fsp3) is 0.300. The number of hydrogen-bond donors (Lipinski definition) is 2. The summed E-state index contributed by atoms with van der Waals surface area (Å²) in [7, 11) is 1.77. The van der Waals surface area contributed by atoms with Crippen molar-refractivity contribution in [3.8, 4) is 0 Å². The smallest absolute Gasteiger partial charge is 0.273 e. The molecule has 0 saturated carbocycles. The molecule has 0 aliphatic rings. The molecule has 2 N–H and O–H groups in total. The van der Waals surface area contributed by atoms with Crippen LogP contribution in [0.15, 0.2) is 23.4 Å². The van der Waals surface area contributed by atoms with Crippen LogP contribution in [0.1, 0.15) is 11.1 Å². The van der Waals surface area contributed by atoms with Crippen LogP contribution in [-0.2, 0) is 6.42 Å². The van der Waals surface area contributed by atoms with Gasteiger partial charge < -0.3 is 10.5 Å². The SMILES string of the molecule is CNCCc1c(C=NO)cccc1[N+](=O)[O-]. The van der Waals surface area contributed by atoms with Crippen LogP contribution in [0.2, 0.25) is 0 Å². The molecule has 1 aromatic rings. The molecule has 0 atom stereocenters. The summed E-state index contributed by atoms with van der Waals surface area (Å²) >= 11 is 0. The first-order valence-corrected chi connectivity index (χ1v) is 4.79. The van der Waals surface area contributed by atoms with Gasteiger partial charge in [0.25, 0.3) is 5.69 Å². The van der Waals surface area contributed by atoms with Crippen molar-refractivity contribution in [2.75, 3.05) is 13.6 Å². The Morgan fingerprint density at radius 3 is 2.94 bits per heavy atom. The predicted molar refractivity (Wildman–Crippen MR) is 60.1 cm³/mol. The number of nitrogens with one attached hydrogen (secondary N) is 1. The number of oxime groups is 1. The number of hydrogen-bond acceptors (Lipinski definition) is 5. The first kappa shape index (κ1) is 12.1. The van der Waals surface area contributed by atoms with E-state index in [4.69, 9.17) is 5.21 Å². The lowest BCUT2D eigenvalue weighted by atomic mass is 10.0. The second-order valence-corrected chi connectivity index (χ2v) is 3.20. The molecule has 6 nitrogen and oxygen atoms in total. The maximum absolute atomic E-state index is 10.8. The highest BCUT2D eigenvalue weighted by Gasteiger charge is 2.15. The van der Waals surface area contributed by atoms with E-state index in [-0.39, 0.29) is 5.69 Å². The molecular formula is C10H13N3O3. The molecule has 0 radical (unpaired) electrons. The molecule has 0 heterocycles. The molecule has 86 valence electrons. The molecule has 0 unspecified atom stereocenters. The molecule has 0 aromatic heterocycles. The van der Waals surface area contributed by atoms with Crippen molar-refractivity contribution in [2.45, 2.75) is 6.42 Å². The molecule has 1 rings (SSSR count). The summed E-state index contributed by atoms with van der Waals surface area (Å²) in [5.74, 6) is 0. The van der Waals surface area contributed by atoms with Gasteiger partial charge in [-0.2, -0.15) is 0 Å². The Hall–Kier alpha value is -1.95. The minimum absolute atomic E-state index is 0.0488. The van der Waals surface area contributed by atoms with Gasteiger partial charge in [0.1, 0.15) is 0 Å². The molecule has 6 heteroatoms. The zero-order chi connectivity index (χ0) is 12.0. The summed E-state index contributed by atoms with van der Waals surface area (Å²) < 4.78 is 0. The van der Waals surface area contributed by atoms with Crippen molar-refractivity contribution in [1.29, 1.82) is 0 Å². The average molecular weight is 223 g/mol. The Morgan fingerprint density at radius 2 is 2.38 bits per heavy atom. The third-order valence-electron chi connectivity index (χ3n) is 2.21. The van der Waals surface area contributed by atoms with E-state index in [1.54, 1.807) is 19.2 Å². The number of nitro groups is 1. The van der Waals surface area contributed by atoms with E-state index in [1.165, 1.54) is 12.3 Å². The standard InChI is InChI=1S/C10H13N3O3/c1-11-6-5-9-8(7-12-14)3-2-4-10(9)13(15)16/h2-4,7,11,14H,5-6H2,1H3. The Morgan fingerprint density at radius 1 is 1.62 bits per heavy atom. The van der Waals surface area contributed by atoms with E-state index in [0.717, 1.165) is 0 Å². The molecule has 1 aromatic carbocycles. The van der Waals surface area contributed by atoms with E-state index in [0.29, 0.717) is 24.1 Å². The van der Waals surface area contributed by atoms with E-state index in [9.17, 15) is 10.1 Å². The largest absolute Gasteiger partial charge is 0.411 e. The van der Waals surface area contributed by atoms with Crippen molar-refractivity contribution in [3.05, 3.63) is 39.4 Å². The highest BCUT2D eigenvalue weighted by atomic mass is 16.6. The lowest BCUT2D eigenvalue weighted by molar-refractivity contribution is -0.385. The van der Waals surface area contributed by atoms with Crippen LogP contribution in [-0.4, -0.2) is 29.9 Å². The molecular weight excluding hydrogens is 210 g/mol. The van der Waals surface area contributed by atoms with Crippen LogP contribution >= 0.6 is 0 Å². The molecule has 0 bridgehead atoms. The Kier molecular flexibility index (Phi) is 4.41. The second kappa shape index (κ2) is 5.82. The van der Waals surface area contributed by atoms with E-state index in [1.807, 2.05) is 0 Å². The van der Waals surface area contributed by atoms with Gasteiger partial charge in [0, 0.05) is 17.2 Å². The molecule has 0 saturated heterocycles. The van der Waals surface area contributed by atoms with Gasteiger partial charge in [-0.15, -0.1) is 0 Å². The molecule has 0 amide bonds. The average Bonchev–Trinajstić information content (AvgIpc) is 2.27. The number of benzene rings is 1. The summed E-state index contributed by atoms with van der Waals surface area (Å²) in [5.41, 5.74) is 1.18. The van der Waals surface area contributed by atoms with Gasteiger partial charge in [0.2, 0.25) is 0 Å². The van der Waals surface area contributed by atoms with Crippen LogP contribution in [0.5, 0.6) is 0 Å². The van der Waals surface area contributed by atoms with Gasteiger partial charge in [-0.3, -0.25) is 10.1 Å². The Bertz CT molecular complexity index is 404. The van der Waals surface area contributed by atoms with E-state index < -0.39 is 4.92 Å². The van der Waals surface area contributed by atoms with Crippen molar-refractivity contribution < 1.29 is 10.1 Å². The normalized spacial score (nSPS) is 10.8. The summed E-state index contributed by atoms with van der Waals surface area (Å²) in [4.78, 5) is 10.4. The summed E-state index contributed by atoms with van der Waals surface area (Å²) in [6, 6.07) is 4.69. The van der Waals surface area contributed by atoms with Crippen LogP contribution in [0.3, 0.4) is 0 Å². The summed E-state index contributed by atoms with van der Waals surface area (Å²) in [6.07, 6.45) is 1.72. The Labute approximate surface area is 92.7 Å². The summed E-state index contributed by atoms with van der Waals surface area (Å²) in [5, 5.41) is 25.1. The highest BCUT2D eigenvalue weighted by Crippen LogP contribution is 2.21. The van der Waals surface area contributed by atoms with E-state index in [2.05, 4.69) is 10.5 Å². The van der Waals surface area contributed by atoms with Crippen LogP contribution < -0.4 is 5.32 Å². The molecule has 16 heavy (non-hydrogen) atoms. The molecule has 0 fully saturated rings. The molecule has 0 aliphatic heterocycles. The first-order valence-electron chi connectivity index (χ1n) is 4.79. The number of nitrogens with zero attached hydrogens (tertiary/aromatic N) is 2. The Balaban J connectivity index is 3.17. The third-order valence-corrected chi connectivity index (χ3v) is 2.21. The van der Waals surface area contributed by atoms with Crippen LogP contribution in [0.25, 0.3) is 0 Å². The van der Waals surface area contributed by atoms with Gasteiger partial charge in [-0.1, -0.05) is 17.3 Å². The lowest BCUT2D eigenvalue weighted by Crippen LogP contribution is -2.12. The highest BCUT2D eigenvalue weighted by molar-refractivity contribution is 5.83. The topological polar surface area (TPSA) is 87.8 Å². The fourth-order valence-corrected chi connectivity index (χ4v) is 1.47. The maximum atomic E-state index is 10.8. The van der Waals surface area contributed by atoms with Gasteiger partial charge >= 0.3 is 0 Å². The minimum Gasteiger partial charge on any atom is -0.411 e. The number of nitro benzene ring substituents is 1. The van der Waals surface area contributed by atoms with E-state index >= 15 is 0 Å². The maximum Gasteiger partial charge on any atom is 0.273 e. The second-order valence-electron chi connectivity index (χ2n) is 3.20. The van der Waals surface area contributed by atoms with Crippen molar-refractivity contribution in [1.82, 2.24) is 5.32 Å². The van der Waals surface area contributed by atoms with Crippen LogP contribution in [0, 0.1) is 10.1 Å². The third kappa shape index (κ3) is 2.77. The zero-order valence-electron chi connectivity index (χ0n) is 8.88. The quantitative estimate of drug-likeness (QED) is 0.339. The monoisotopic (exact) mass is 223 g/mol. The number of likely N-dealkylation sites (N-methyl/N-ethyl adjacent to an activating group) is 1. The fourth-order valence-electron chi connectivity index (χ4n) is 1.47. The van der Waals surface area contributed by atoms with Crippen molar-refractivity contribution >= 4 is 11.9 Å². The van der Waals surface area contributed by atoms with Gasteiger partial charge in [0.05, 0.1) is 11.1 Å².